The first-order chi connectivity index (χ1) is 8.84. The summed E-state index contributed by atoms with van der Waals surface area (Å²) in [7, 11) is 0. The van der Waals surface area contributed by atoms with Crippen molar-refractivity contribution in [1.29, 1.82) is 0 Å². The standard InChI is InChI=1S/C14H26N2O2.ClH/c17-14(11-15-10-12-6-7-12)16-8-9-18-13-4-2-1-3-5-13;/h12-13,15H,1-11H2,(H,16,17);1H. The monoisotopic (exact) mass is 290 g/mol. The van der Waals surface area contributed by atoms with Crippen LogP contribution in [0.1, 0.15) is 44.9 Å². The first kappa shape index (κ1) is 16.7. The maximum Gasteiger partial charge on any atom is 0.234 e. The SMILES string of the molecule is Cl.O=C(CNCC1CC1)NCCOC1CCCCC1. The minimum Gasteiger partial charge on any atom is -0.376 e. The van der Waals surface area contributed by atoms with Crippen molar-refractivity contribution < 1.29 is 9.53 Å². The molecule has 0 aromatic rings. The van der Waals surface area contributed by atoms with E-state index in [4.69, 9.17) is 4.74 Å². The molecule has 0 heterocycles. The van der Waals surface area contributed by atoms with Gasteiger partial charge in [0.05, 0.1) is 19.3 Å². The van der Waals surface area contributed by atoms with E-state index in [9.17, 15) is 4.79 Å². The van der Waals surface area contributed by atoms with Crippen LogP contribution in [-0.4, -0.2) is 38.3 Å². The molecule has 2 fully saturated rings. The van der Waals surface area contributed by atoms with Crippen LogP contribution in [-0.2, 0) is 9.53 Å². The van der Waals surface area contributed by atoms with Crippen molar-refractivity contribution in [3.63, 3.8) is 0 Å². The van der Waals surface area contributed by atoms with Crippen molar-refractivity contribution in [3.05, 3.63) is 0 Å². The zero-order valence-electron chi connectivity index (χ0n) is 11.7. The Morgan fingerprint density at radius 1 is 1.11 bits per heavy atom. The fourth-order valence-electron chi connectivity index (χ4n) is 2.42. The molecule has 4 nitrogen and oxygen atoms in total. The van der Waals surface area contributed by atoms with Crippen molar-refractivity contribution in [2.45, 2.75) is 51.0 Å². The Balaban J connectivity index is 0.00000180. The van der Waals surface area contributed by atoms with Crippen molar-refractivity contribution in [2.24, 2.45) is 5.92 Å². The number of ether oxygens (including phenoxy) is 1. The summed E-state index contributed by atoms with van der Waals surface area (Å²) >= 11 is 0. The van der Waals surface area contributed by atoms with Gasteiger partial charge in [-0.25, -0.2) is 0 Å². The lowest BCUT2D eigenvalue weighted by atomic mass is 9.98. The van der Waals surface area contributed by atoms with Gasteiger partial charge in [-0.3, -0.25) is 4.79 Å². The summed E-state index contributed by atoms with van der Waals surface area (Å²) in [5.74, 6) is 0.912. The molecule has 2 aliphatic carbocycles. The van der Waals surface area contributed by atoms with Crippen molar-refractivity contribution >= 4 is 18.3 Å². The van der Waals surface area contributed by atoms with Crippen LogP contribution in [0.5, 0.6) is 0 Å². The smallest absolute Gasteiger partial charge is 0.234 e. The Morgan fingerprint density at radius 2 is 1.84 bits per heavy atom. The summed E-state index contributed by atoms with van der Waals surface area (Å²) in [6.07, 6.45) is 9.40. The quantitative estimate of drug-likeness (QED) is 0.671. The average molecular weight is 291 g/mol. The van der Waals surface area contributed by atoms with Gasteiger partial charge in [0.1, 0.15) is 0 Å². The van der Waals surface area contributed by atoms with E-state index in [1.807, 2.05) is 0 Å². The number of amides is 1. The maximum absolute atomic E-state index is 11.5. The molecule has 0 radical (unpaired) electrons. The summed E-state index contributed by atoms with van der Waals surface area (Å²) in [6.45, 7) is 2.73. The molecule has 0 aromatic carbocycles. The molecule has 1 amide bonds. The number of carbonyl (C=O) groups is 1. The lowest BCUT2D eigenvalue weighted by Gasteiger charge is -2.22. The summed E-state index contributed by atoms with van der Waals surface area (Å²) in [6, 6.07) is 0. The zero-order valence-corrected chi connectivity index (χ0v) is 12.5. The van der Waals surface area contributed by atoms with Gasteiger partial charge in [-0.2, -0.15) is 0 Å². The second-order valence-corrected chi connectivity index (χ2v) is 5.56. The minimum atomic E-state index is 0. The van der Waals surface area contributed by atoms with E-state index in [0.29, 0.717) is 25.8 Å². The zero-order chi connectivity index (χ0) is 12.6. The van der Waals surface area contributed by atoms with Crippen LogP contribution in [0.2, 0.25) is 0 Å². The number of nitrogens with one attached hydrogen (secondary N) is 2. The van der Waals surface area contributed by atoms with Gasteiger partial charge >= 0.3 is 0 Å². The van der Waals surface area contributed by atoms with E-state index in [2.05, 4.69) is 10.6 Å². The van der Waals surface area contributed by atoms with Crippen molar-refractivity contribution in [3.8, 4) is 0 Å². The van der Waals surface area contributed by atoms with E-state index in [0.717, 1.165) is 12.5 Å². The highest BCUT2D eigenvalue weighted by Crippen LogP contribution is 2.27. The van der Waals surface area contributed by atoms with Gasteiger partial charge in [-0.15, -0.1) is 12.4 Å². The van der Waals surface area contributed by atoms with Crippen LogP contribution >= 0.6 is 12.4 Å². The lowest BCUT2D eigenvalue weighted by molar-refractivity contribution is -0.120. The lowest BCUT2D eigenvalue weighted by Crippen LogP contribution is -2.36. The third-order valence-corrected chi connectivity index (χ3v) is 3.75. The van der Waals surface area contributed by atoms with Crippen LogP contribution in [0.3, 0.4) is 0 Å². The second kappa shape index (κ2) is 9.56. The first-order valence-corrected chi connectivity index (χ1v) is 7.43. The van der Waals surface area contributed by atoms with Gasteiger partial charge in [-0.05, 0) is 38.1 Å². The number of rotatable bonds is 8. The summed E-state index contributed by atoms with van der Waals surface area (Å²) in [5.41, 5.74) is 0. The molecule has 0 atom stereocenters. The number of hydrogen-bond donors (Lipinski definition) is 2. The van der Waals surface area contributed by atoms with Gasteiger partial charge in [-0.1, -0.05) is 19.3 Å². The minimum absolute atomic E-state index is 0. The first-order valence-electron chi connectivity index (χ1n) is 7.43. The third-order valence-electron chi connectivity index (χ3n) is 3.75. The van der Waals surface area contributed by atoms with E-state index < -0.39 is 0 Å². The molecule has 0 spiro atoms. The molecule has 2 N–H and O–H groups in total. The number of halogens is 1. The molecule has 5 heteroatoms. The molecule has 0 unspecified atom stereocenters. The molecule has 19 heavy (non-hydrogen) atoms. The molecule has 2 aliphatic rings. The Hall–Kier alpha value is -0.320. The second-order valence-electron chi connectivity index (χ2n) is 5.56. The van der Waals surface area contributed by atoms with Gasteiger partial charge in [0.25, 0.3) is 0 Å². The van der Waals surface area contributed by atoms with Crippen molar-refractivity contribution in [2.75, 3.05) is 26.2 Å². The molecule has 0 bridgehead atoms. The van der Waals surface area contributed by atoms with Gasteiger partial charge in [0.2, 0.25) is 5.91 Å². The predicted octanol–water partition coefficient (Wildman–Crippen LogP) is 1.87. The Kier molecular flexibility index (Phi) is 8.42. The van der Waals surface area contributed by atoms with Gasteiger partial charge in [0, 0.05) is 6.54 Å². The highest BCUT2D eigenvalue weighted by atomic mass is 35.5. The summed E-state index contributed by atoms with van der Waals surface area (Å²) in [5, 5.41) is 6.07. The molecule has 0 aromatic heterocycles. The molecule has 0 aliphatic heterocycles. The average Bonchev–Trinajstić information content (AvgIpc) is 3.20. The maximum atomic E-state index is 11.5. The van der Waals surface area contributed by atoms with Crippen LogP contribution in [0, 0.1) is 5.92 Å². The molecule has 112 valence electrons. The van der Waals surface area contributed by atoms with Crippen LogP contribution in [0.25, 0.3) is 0 Å². The third kappa shape index (κ3) is 7.75. The largest absolute Gasteiger partial charge is 0.376 e. The topological polar surface area (TPSA) is 50.4 Å². The predicted molar refractivity (Wildman–Crippen MR) is 78.7 cm³/mol. The highest BCUT2D eigenvalue weighted by molar-refractivity contribution is 5.85. The van der Waals surface area contributed by atoms with E-state index in [1.165, 1.54) is 44.9 Å². The van der Waals surface area contributed by atoms with E-state index >= 15 is 0 Å². The molecule has 2 rings (SSSR count). The Morgan fingerprint density at radius 3 is 2.53 bits per heavy atom. The fraction of sp³-hybridized carbons (Fsp3) is 0.929. The Labute approximate surface area is 122 Å². The summed E-state index contributed by atoms with van der Waals surface area (Å²) in [4.78, 5) is 11.5. The number of carbonyl (C=O) groups excluding carboxylic acids is 1. The summed E-state index contributed by atoms with van der Waals surface area (Å²) < 4.78 is 5.75. The van der Waals surface area contributed by atoms with Crippen LogP contribution in [0.4, 0.5) is 0 Å². The molecule has 0 saturated heterocycles. The van der Waals surface area contributed by atoms with Gasteiger partial charge in [0.15, 0.2) is 0 Å². The van der Waals surface area contributed by atoms with E-state index in [-0.39, 0.29) is 18.3 Å². The number of hydrogen-bond acceptors (Lipinski definition) is 3. The van der Waals surface area contributed by atoms with E-state index in [1.54, 1.807) is 0 Å². The van der Waals surface area contributed by atoms with Crippen molar-refractivity contribution in [1.82, 2.24) is 10.6 Å². The van der Waals surface area contributed by atoms with Gasteiger partial charge < -0.3 is 15.4 Å². The van der Waals surface area contributed by atoms with Crippen LogP contribution in [0.15, 0.2) is 0 Å². The fourth-order valence-corrected chi connectivity index (χ4v) is 2.42. The highest BCUT2D eigenvalue weighted by Gasteiger charge is 2.20. The normalized spacial score (nSPS) is 19.8. The molecular formula is C14H27ClN2O2. The van der Waals surface area contributed by atoms with Crippen LogP contribution < -0.4 is 10.6 Å². The molecular weight excluding hydrogens is 264 g/mol. The molecule has 2 saturated carbocycles. The Bertz CT molecular complexity index is 254.